The van der Waals surface area contributed by atoms with Crippen LogP contribution in [0.3, 0.4) is 0 Å². The van der Waals surface area contributed by atoms with Crippen molar-refractivity contribution >= 4 is 46.3 Å². The van der Waals surface area contributed by atoms with Crippen LogP contribution in [0.2, 0.25) is 0 Å². The molecule has 0 bridgehead atoms. The number of nitriles is 2. The highest BCUT2D eigenvalue weighted by Gasteiger charge is 2.26. The molecule has 2 aromatic heterocycles. The van der Waals surface area contributed by atoms with Crippen molar-refractivity contribution in [1.29, 1.82) is 10.5 Å². The van der Waals surface area contributed by atoms with Crippen molar-refractivity contribution in [2.24, 2.45) is 0 Å². The van der Waals surface area contributed by atoms with E-state index in [1.54, 1.807) is 24.3 Å². The lowest BCUT2D eigenvalue weighted by molar-refractivity contribution is -0.114. The number of rotatable bonds is 4. The summed E-state index contributed by atoms with van der Waals surface area (Å²) in [6.07, 6.45) is 0. The van der Waals surface area contributed by atoms with Crippen molar-refractivity contribution in [2.45, 2.75) is 4.84 Å². The van der Waals surface area contributed by atoms with Crippen LogP contribution in [-0.2, 0) is 4.79 Å². The molecule has 0 radical (unpaired) electrons. The van der Waals surface area contributed by atoms with E-state index in [1.807, 2.05) is 23.6 Å². The molecule has 1 amide bonds. The highest BCUT2D eigenvalue weighted by molar-refractivity contribution is 7.13. The number of furan rings is 1. The number of nitrogens with zero attached hydrogens (tertiary/aromatic N) is 2. The average Bonchev–Trinajstić information content (AvgIpc) is 3.29. The second-order valence-electron chi connectivity index (χ2n) is 5.08. The molecule has 5 nitrogen and oxygen atoms in total. The van der Waals surface area contributed by atoms with Crippen molar-refractivity contribution in [3.63, 3.8) is 0 Å². The molecule has 1 N–H and O–H groups in total. The molecule has 0 unspecified atom stereocenters. The maximum absolute atomic E-state index is 11.9. The van der Waals surface area contributed by atoms with E-state index >= 15 is 0 Å². The topological polar surface area (TPSA) is 89.8 Å². The van der Waals surface area contributed by atoms with Crippen LogP contribution in [-0.4, -0.2) is 10.7 Å². The molecule has 0 aliphatic heterocycles. The Morgan fingerprint density at radius 1 is 1.15 bits per heavy atom. The first-order valence-electron chi connectivity index (χ1n) is 7.25. The Balaban J connectivity index is 2.20. The zero-order chi connectivity index (χ0) is 18.7. The van der Waals surface area contributed by atoms with Crippen LogP contribution in [0.15, 0.2) is 46.2 Å². The third-order valence-electron chi connectivity index (χ3n) is 3.50. The highest BCUT2D eigenvalue weighted by Crippen LogP contribution is 2.42. The number of thiophene rings is 1. The minimum Gasteiger partial charge on any atom is -0.437 e. The lowest BCUT2D eigenvalue weighted by Crippen LogP contribution is -2.18. The summed E-state index contributed by atoms with van der Waals surface area (Å²) in [6, 6.07) is 14.4. The standard InChI is InChI=1S/C18H9Cl2N3O2S/c19-16(20)17(24)23-18-14(11-5-3-10(8-21)4-6-11)12(9-22)15(25-18)13-2-1-7-26-13/h1-7,16H,(H,23,24). The largest absolute Gasteiger partial charge is 0.437 e. The first-order valence-corrected chi connectivity index (χ1v) is 9.00. The molecule has 1 aromatic carbocycles. The van der Waals surface area contributed by atoms with Gasteiger partial charge in [-0.2, -0.15) is 10.5 Å². The SMILES string of the molecule is N#Cc1ccc(-c2c(NC(=O)C(Cl)Cl)oc(-c3cccs3)c2C#N)cc1. The average molecular weight is 402 g/mol. The fourth-order valence-corrected chi connectivity index (χ4v) is 3.18. The number of hydrogen-bond donors (Lipinski definition) is 1. The van der Waals surface area contributed by atoms with E-state index in [2.05, 4.69) is 11.4 Å². The molecule has 3 rings (SSSR count). The van der Waals surface area contributed by atoms with Crippen molar-refractivity contribution in [3.05, 3.63) is 52.9 Å². The monoisotopic (exact) mass is 401 g/mol. The van der Waals surface area contributed by atoms with Crippen molar-refractivity contribution in [3.8, 4) is 33.9 Å². The van der Waals surface area contributed by atoms with Gasteiger partial charge in [0.15, 0.2) is 10.6 Å². The Hall–Kier alpha value is -2.77. The number of carbonyl (C=O) groups is 1. The van der Waals surface area contributed by atoms with Crippen LogP contribution in [0.1, 0.15) is 11.1 Å². The molecule has 8 heteroatoms. The fourth-order valence-electron chi connectivity index (χ4n) is 2.36. The number of benzene rings is 1. The summed E-state index contributed by atoms with van der Waals surface area (Å²) < 4.78 is 5.79. The predicted molar refractivity (Wildman–Crippen MR) is 101 cm³/mol. The number of halogens is 2. The second kappa shape index (κ2) is 7.63. The van der Waals surface area contributed by atoms with Crippen molar-refractivity contribution < 1.29 is 9.21 Å². The molecular formula is C18H9Cl2N3O2S. The summed E-state index contributed by atoms with van der Waals surface area (Å²) in [6.45, 7) is 0. The Morgan fingerprint density at radius 2 is 1.88 bits per heavy atom. The predicted octanol–water partition coefficient (Wildman–Crippen LogP) is 5.16. The van der Waals surface area contributed by atoms with Gasteiger partial charge in [0, 0.05) is 0 Å². The first kappa shape index (κ1) is 18.0. The fraction of sp³-hybridized carbons (Fsp3) is 0.0556. The number of anilines is 1. The molecule has 128 valence electrons. The van der Waals surface area contributed by atoms with Gasteiger partial charge in [0.1, 0.15) is 11.6 Å². The molecule has 0 aliphatic carbocycles. The maximum atomic E-state index is 11.9. The molecule has 0 atom stereocenters. The van der Waals surface area contributed by atoms with Gasteiger partial charge in [0.2, 0.25) is 5.88 Å². The quantitative estimate of drug-likeness (QED) is 0.611. The zero-order valence-electron chi connectivity index (χ0n) is 13.0. The van der Waals surface area contributed by atoms with Crippen LogP contribution in [0.4, 0.5) is 5.88 Å². The molecule has 26 heavy (non-hydrogen) atoms. The van der Waals surface area contributed by atoms with E-state index in [0.29, 0.717) is 22.5 Å². The van der Waals surface area contributed by atoms with Crippen molar-refractivity contribution in [1.82, 2.24) is 0 Å². The molecule has 0 aliphatic rings. The molecule has 0 fully saturated rings. The van der Waals surface area contributed by atoms with E-state index in [1.165, 1.54) is 11.3 Å². The number of carbonyl (C=O) groups excluding carboxylic acids is 1. The van der Waals surface area contributed by atoms with Gasteiger partial charge in [0.25, 0.3) is 5.91 Å². The Bertz CT molecular complexity index is 1030. The van der Waals surface area contributed by atoms with Crippen molar-refractivity contribution in [2.75, 3.05) is 5.32 Å². The Kier molecular flexibility index (Phi) is 5.29. The summed E-state index contributed by atoms with van der Waals surface area (Å²) >= 11 is 12.6. The van der Waals surface area contributed by atoms with Gasteiger partial charge >= 0.3 is 0 Å². The number of amides is 1. The van der Waals surface area contributed by atoms with Crippen LogP contribution in [0.25, 0.3) is 21.8 Å². The van der Waals surface area contributed by atoms with E-state index < -0.39 is 10.7 Å². The van der Waals surface area contributed by atoms with E-state index in [-0.39, 0.29) is 11.4 Å². The van der Waals surface area contributed by atoms with E-state index in [9.17, 15) is 10.1 Å². The second-order valence-corrected chi connectivity index (χ2v) is 7.12. The number of alkyl halides is 2. The molecule has 0 saturated heterocycles. The van der Waals surface area contributed by atoms with Crippen LogP contribution < -0.4 is 5.32 Å². The summed E-state index contributed by atoms with van der Waals surface area (Å²) in [5.74, 6) is -0.247. The third kappa shape index (κ3) is 3.44. The zero-order valence-corrected chi connectivity index (χ0v) is 15.3. The number of hydrogen-bond acceptors (Lipinski definition) is 5. The van der Waals surface area contributed by atoms with Crippen LogP contribution in [0, 0.1) is 22.7 Å². The van der Waals surface area contributed by atoms with Gasteiger partial charge in [-0.3, -0.25) is 10.1 Å². The van der Waals surface area contributed by atoms with Gasteiger partial charge in [-0.25, -0.2) is 0 Å². The smallest absolute Gasteiger partial charge is 0.259 e. The lowest BCUT2D eigenvalue weighted by atomic mass is 10.0. The Labute approximate surface area is 163 Å². The van der Waals surface area contributed by atoms with Gasteiger partial charge in [0.05, 0.1) is 22.1 Å². The summed E-state index contributed by atoms with van der Waals surface area (Å²) in [5, 5.41) is 23.0. The molecule has 2 heterocycles. The third-order valence-corrected chi connectivity index (χ3v) is 4.77. The minimum absolute atomic E-state index is 0.0750. The van der Waals surface area contributed by atoms with Crippen LogP contribution >= 0.6 is 34.5 Å². The van der Waals surface area contributed by atoms with Gasteiger partial charge in [-0.15, -0.1) is 11.3 Å². The molecule has 0 spiro atoms. The number of nitrogens with one attached hydrogen (secondary N) is 1. The van der Waals surface area contributed by atoms with Crippen LogP contribution in [0.5, 0.6) is 0 Å². The summed E-state index contributed by atoms with van der Waals surface area (Å²) in [7, 11) is 0. The highest BCUT2D eigenvalue weighted by atomic mass is 35.5. The summed E-state index contributed by atoms with van der Waals surface area (Å²) in [5.41, 5.74) is 1.76. The Morgan fingerprint density at radius 3 is 2.42 bits per heavy atom. The lowest BCUT2D eigenvalue weighted by Gasteiger charge is -2.06. The minimum atomic E-state index is -1.29. The van der Waals surface area contributed by atoms with Gasteiger partial charge in [-0.05, 0) is 29.1 Å². The van der Waals surface area contributed by atoms with E-state index in [0.717, 1.165) is 4.88 Å². The molecule has 0 saturated carbocycles. The normalized spacial score (nSPS) is 10.3. The molecular weight excluding hydrogens is 393 g/mol. The van der Waals surface area contributed by atoms with E-state index in [4.69, 9.17) is 32.9 Å². The maximum Gasteiger partial charge on any atom is 0.259 e. The van der Waals surface area contributed by atoms with Gasteiger partial charge < -0.3 is 4.42 Å². The summed E-state index contributed by atoms with van der Waals surface area (Å²) in [4.78, 5) is 11.4. The molecule has 3 aromatic rings. The first-order chi connectivity index (χ1) is 12.5. The van der Waals surface area contributed by atoms with Gasteiger partial charge in [-0.1, -0.05) is 41.4 Å².